The van der Waals surface area contributed by atoms with Gasteiger partial charge in [0, 0.05) is 6.07 Å². The van der Waals surface area contributed by atoms with Crippen molar-refractivity contribution in [2.75, 3.05) is 12.8 Å². The summed E-state index contributed by atoms with van der Waals surface area (Å²) in [6.07, 6.45) is 1.32. The summed E-state index contributed by atoms with van der Waals surface area (Å²) in [7, 11) is 1.54. The van der Waals surface area contributed by atoms with E-state index in [-0.39, 0.29) is 17.1 Å². The molecule has 0 unspecified atom stereocenters. The Morgan fingerprint density at radius 1 is 1.26 bits per heavy atom. The number of nitrogens with two attached hydrogens (primary N) is 2. The van der Waals surface area contributed by atoms with Gasteiger partial charge < -0.3 is 20.9 Å². The molecule has 0 atom stereocenters. The minimum absolute atomic E-state index is 0.167. The number of anilines is 1. The predicted octanol–water partition coefficient (Wildman–Crippen LogP) is 1.56. The lowest BCUT2D eigenvalue weighted by molar-refractivity contribution is 0.100. The first kappa shape index (κ1) is 12.7. The van der Waals surface area contributed by atoms with Gasteiger partial charge in [-0.15, -0.1) is 0 Å². The lowest BCUT2D eigenvalue weighted by Crippen LogP contribution is -2.13. The van der Waals surface area contributed by atoms with E-state index in [0.717, 1.165) is 0 Å². The van der Waals surface area contributed by atoms with Crippen LogP contribution in [0.4, 0.5) is 5.69 Å². The number of pyridine rings is 1. The van der Waals surface area contributed by atoms with E-state index in [2.05, 4.69) is 4.98 Å². The Bertz CT molecular complexity index is 614. The number of primary amides is 1. The highest BCUT2D eigenvalue weighted by Crippen LogP contribution is 2.30. The number of carbonyl (C=O) groups is 1. The lowest BCUT2D eigenvalue weighted by Gasteiger charge is -2.10. The second kappa shape index (κ2) is 5.26. The molecule has 4 N–H and O–H groups in total. The molecule has 0 radical (unpaired) electrons. The van der Waals surface area contributed by atoms with Crippen LogP contribution in [0.5, 0.6) is 17.4 Å². The van der Waals surface area contributed by atoms with Crippen LogP contribution in [0, 0.1) is 0 Å². The van der Waals surface area contributed by atoms with Gasteiger partial charge in [-0.1, -0.05) is 12.1 Å². The van der Waals surface area contributed by atoms with Crippen molar-refractivity contribution in [2.24, 2.45) is 5.73 Å². The zero-order valence-electron chi connectivity index (χ0n) is 10.3. The fourth-order valence-corrected chi connectivity index (χ4v) is 1.53. The third-order valence-corrected chi connectivity index (χ3v) is 2.46. The third-order valence-electron chi connectivity index (χ3n) is 2.46. The van der Waals surface area contributed by atoms with Crippen LogP contribution in [0.3, 0.4) is 0 Å². The molecule has 1 heterocycles. The molecule has 0 bridgehead atoms. The van der Waals surface area contributed by atoms with E-state index in [0.29, 0.717) is 11.5 Å². The van der Waals surface area contributed by atoms with Crippen LogP contribution in [-0.2, 0) is 0 Å². The fraction of sp³-hybridized carbons (Fsp3) is 0.0769. The van der Waals surface area contributed by atoms with Crippen LogP contribution in [-0.4, -0.2) is 18.0 Å². The van der Waals surface area contributed by atoms with Crippen LogP contribution >= 0.6 is 0 Å². The number of methoxy groups -OCH3 is 1. The standard InChI is InChI=1S/C13H13N3O3/c1-18-10-4-2-3-5-11(10)19-12-6-8(13(15)17)9(14)7-16-12/h2-7H,14H2,1H3,(H2,15,17). The monoisotopic (exact) mass is 259 g/mol. The molecule has 1 aromatic carbocycles. The first-order valence-electron chi connectivity index (χ1n) is 5.48. The number of hydrogen-bond donors (Lipinski definition) is 2. The van der Waals surface area contributed by atoms with Crippen LogP contribution < -0.4 is 20.9 Å². The molecule has 0 aliphatic carbocycles. The molecule has 1 aromatic heterocycles. The number of nitrogen functional groups attached to an aromatic ring is 1. The van der Waals surface area contributed by atoms with Crippen molar-refractivity contribution in [1.82, 2.24) is 4.98 Å². The van der Waals surface area contributed by atoms with E-state index in [1.54, 1.807) is 18.2 Å². The van der Waals surface area contributed by atoms with E-state index < -0.39 is 5.91 Å². The molecule has 0 aliphatic heterocycles. The molecular formula is C13H13N3O3. The summed E-state index contributed by atoms with van der Waals surface area (Å²) in [6, 6.07) is 8.48. The van der Waals surface area contributed by atoms with Crippen molar-refractivity contribution in [3.05, 3.63) is 42.1 Å². The number of benzene rings is 1. The van der Waals surface area contributed by atoms with Gasteiger partial charge in [-0.3, -0.25) is 4.79 Å². The fourth-order valence-electron chi connectivity index (χ4n) is 1.53. The first-order chi connectivity index (χ1) is 9.11. The van der Waals surface area contributed by atoms with Crippen LogP contribution in [0.15, 0.2) is 36.5 Å². The Labute approximate surface area is 110 Å². The highest BCUT2D eigenvalue weighted by Gasteiger charge is 2.10. The number of para-hydroxylation sites is 2. The van der Waals surface area contributed by atoms with Gasteiger partial charge in [0.2, 0.25) is 5.88 Å². The average molecular weight is 259 g/mol. The maximum atomic E-state index is 11.2. The Hall–Kier alpha value is -2.76. The second-order valence-corrected chi connectivity index (χ2v) is 3.73. The molecule has 0 spiro atoms. The molecule has 0 aliphatic rings. The molecule has 1 amide bonds. The van der Waals surface area contributed by atoms with Gasteiger partial charge >= 0.3 is 0 Å². The van der Waals surface area contributed by atoms with Crippen molar-refractivity contribution in [2.45, 2.75) is 0 Å². The van der Waals surface area contributed by atoms with Crippen LogP contribution in [0.2, 0.25) is 0 Å². The molecule has 19 heavy (non-hydrogen) atoms. The minimum atomic E-state index is -0.634. The number of ether oxygens (including phenoxy) is 2. The van der Waals surface area contributed by atoms with Crippen LogP contribution in [0.25, 0.3) is 0 Å². The highest BCUT2D eigenvalue weighted by molar-refractivity contribution is 5.98. The van der Waals surface area contributed by atoms with Crippen molar-refractivity contribution in [1.29, 1.82) is 0 Å². The number of hydrogen-bond acceptors (Lipinski definition) is 5. The number of amides is 1. The van der Waals surface area contributed by atoms with Gasteiger partial charge in [-0.25, -0.2) is 4.98 Å². The normalized spacial score (nSPS) is 9.95. The van der Waals surface area contributed by atoms with Gasteiger partial charge in [-0.05, 0) is 12.1 Å². The van der Waals surface area contributed by atoms with E-state index in [9.17, 15) is 4.79 Å². The maximum Gasteiger partial charge on any atom is 0.251 e. The summed E-state index contributed by atoms with van der Waals surface area (Å²) in [5, 5.41) is 0. The Morgan fingerprint density at radius 2 is 1.95 bits per heavy atom. The Morgan fingerprint density at radius 3 is 2.58 bits per heavy atom. The summed E-state index contributed by atoms with van der Waals surface area (Å²) in [5.74, 6) is 0.622. The third kappa shape index (κ3) is 2.74. The smallest absolute Gasteiger partial charge is 0.251 e. The molecule has 6 nitrogen and oxygen atoms in total. The topological polar surface area (TPSA) is 100 Å². The summed E-state index contributed by atoms with van der Waals surface area (Å²) in [4.78, 5) is 15.2. The summed E-state index contributed by atoms with van der Waals surface area (Å²) >= 11 is 0. The lowest BCUT2D eigenvalue weighted by atomic mass is 10.2. The SMILES string of the molecule is COc1ccccc1Oc1cc(C(N)=O)c(N)cn1. The summed E-state index contributed by atoms with van der Waals surface area (Å²) in [6.45, 7) is 0. The summed E-state index contributed by atoms with van der Waals surface area (Å²) in [5.41, 5.74) is 11.2. The van der Waals surface area contributed by atoms with E-state index in [4.69, 9.17) is 20.9 Å². The second-order valence-electron chi connectivity index (χ2n) is 3.73. The van der Waals surface area contributed by atoms with Gasteiger partial charge in [0.05, 0.1) is 24.6 Å². The Kier molecular flexibility index (Phi) is 3.51. The minimum Gasteiger partial charge on any atom is -0.493 e. The molecule has 0 fully saturated rings. The number of carbonyl (C=O) groups excluding carboxylic acids is 1. The molecule has 2 rings (SSSR count). The molecular weight excluding hydrogens is 246 g/mol. The van der Waals surface area contributed by atoms with Crippen LogP contribution in [0.1, 0.15) is 10.4 Å². The van der Waals surface area contributed by atoms with E-state index in [1.165, 1.54) is 19.4 Å². The zero-order chi connectivity index (χ0) is 13.8. The van der Waals surface area contributed by atoms with Crippen molar-refractivity contribution in [3.63, 3.8) is 0 Å². The number of nitrogens with zero attached hydrogens (tertiary/aromatic N) is 1. The largest absolute Gasteiger partial charge is 0.493 e. The molecule has 0 saturated heterocycles. The highest BCUT2D eigenvalue weighted by atomic mass is 16.5. The molecule has 0 saturated carbocycles. The van der Waals surface area contributed by atoms with Gasteiger partial charge in [0.25, 0.3) is 5.91 Å². The van der Waals surface area contributed by atoms with Crippen molar-refractivity contribution in [3.8, 4) is 17.4 Å². The number of rotatable bonds is 4. The molecule has 98 valence electrons. The van der Waals surface area contributed by atoms with Crippen molar-refractivity contribution >= 4 is 11.6 Å². The number of aromatic nitrogens is 1. The first-order valence-corrected chi connectivity index (χ1v) is 5.48. The van der Waals surface area contributed by atoms with Gasteiger partial charge in [-0.2, -0.15) is 0 Å². The van der Waals surface area contributed by atoms with Gasteiger partial charge in [0.15, 0.2) is 11.5 Å². The molecule has 6 heteroatoms. The maximum absolute atomic E-state index is 11.2. The average Bonchev–Trinajstić information content (AvgIpc) is 2.41. The van der Waals surface area contributed by atoms with Gasteiger partial charge in [0.1, 0.15) is 0 Å². The predicted molar refractivity (Wildman–Crippen MR) is 70.2 cm³/mol. The molecule has 2 aromatic rings. The van der Waals surface area contributed by atoms with E-state index >= 15 is 0 Å². The quantitative estimate of drug-likeness (QED) is 0.867. The Balaban J connectivity index is 2.33. The zero-order valence-corrected chi connectivity index (χ0v) is 10.3. The summed E-state index contributed by atoms with van der Waals surface area (Å²) < 4.78 is 10.7. The van der Waals surface area contributed by atoms with Crippen molar-refractivity contribution < 1.29 is 14.3 Å². The van der Waals surface area contributed by atoms with E-state index in [1.807, 2.05) is 6.07 Å².